The minimum absolute atomic E-state index is 0.0950. The number of carbonyl (C=O) groups is 3. The highest BCUT2D eigenvalue weighted by atomic mass is 16.2. The average Bonchev–Trinajstić information content (AvgIpc) is 3.07. The molecule has 1 saturated carbocycles. The Morgan fingerprint density at radius 2 is 1.45 bits per heavy atom. The molecule has 2 aromatic rings. The lowest BCUT2D eigenvalue weighted by Gasteiger charge is -2.43. The summed E-state index contributed by atoms with van der Waals surface area (Å²) in [6, 6.07) is 15.7. The Morgan fingerprint density at radius 3 is 2.13 bits per heavy atom. The lowest BCUT2D eigenvalue weighted by Crippen LogP contribution is -2.55. The van der Waals surface area contributed by atoms with Crippen molar-refractivity contribution in [2.45, 2.75) is 44.6 Å². The van der Waals surface area contributed by atoms with Crippen LogP contribution >= 0.6 is 0 Å². The van der Waals surface area contributed by atoms with E-state index in [0.29, 0.717) is 35.9 Å². The quantitative estimate of drug-likeness (QED) is 0.710. The van der Waals surface area contributed by atoms with Gasteiger partial charge in [0.1, 0.15) is 6.04 Å². The maximum Gasteiger partial charge on any atom is 0.262 e. The summed E-state index contributed by atoms with van der Waals surface area (Å²) in [6.07, 6.45) is 6.32. The van der Waals surface area contributed by atoms with Crippen molar-refractivity contribution in [2.24, 2.45) is 11.8 Å². The predicted molar refractivity (Wildman–Crippen MR) is 118 cm³/mol. The second-order valence-corrected chi connectivity index (χ2v) is 9.11. The highest BCUT2D eigenvalue weighted by Gasteiger charge is 2.45. The van der Waals surface area contributed by atoms with E-state index < -0.39 is 6.04 Å². The molecule has 5 rings (SSSR count). The van der Waals surface area contributed by atoms with Crippen molar-refractivity contribution >= 4 is 17.7 Å². The van der Waals surface area contributed by atoms with Crippen molar-refractivity contribution in [3.63, 3.8) is 0 Å². The van der Waals surface area contributed by atoms with Crippen LogP contribution in [0.4, 0.5) is 0 Å². The molecule has 3 atom stereocenters. The number of piperidine rings is 1. The lowest BCUT2D eigenvalue weighted by molar-refractivity contribution is -0.138. The normalized spacial score (nSPS) is 24.0. The number of amides is 3. The van der Waals surface area contributed by atoms with Crippen molar-refractivity contribution in [1.82, 2.24) is 9.80 Å². The van der Waals surface area contributed by atoms with E-state index in [4.69, 9.17) is 0 Å². The van der Waals surface area contributed by atoms with Crippen molar-refractivity contribution in [1.29, 1.82) is 0 Å². The summed E-state index contributed by atoms with van der Waals surface area (Å²) in [7, 11) is 0. The summed E-state index contributed by atoms with van der Waals surface area (Å²) in [5.41, 5.74) is 1.73. The zero-order valence-electron chi connectivity index (χ0n) is 17.7. The zero-order valence-corrected chi connectivity index (χ0v) is 17.7. The molecule has 5 heteroatoms. The van der Waals surface area contributed by atoms with E-state index in [1.807, 2.05) is 35.2 Å². The van der Waals surface area contributed by atoms with Gasteiger partial charge in [-0.25, -0.2) is 0 Å². The monoisotopic (exact) mass is 416 g/mol. The van der Waals surface area contributed by atoms with Gasteiger partial charge in [-0.1, -0.05) is 61.7 Å². The third-order valence-corrected chi connectivity index (χ3v) is 7.30. The molecule has 160 valence electrons. The summed E-state index contributed by atoms with van der Waals surface area (Å²) in [5.74, 6) is 0.447. The van der Waals surface area contributed by atoms with Crippen molar-refractivity contribution in [3.8, 4) is 0 Å². The Bertz CT molecular complexity index is 968. The first-order chi connectivity index (χ1) is 15.1. The first-order valence-electron chi connectivity index (χ1n) is 11.4. The van der Waals surface area contributed by atoms with Gasteiger partial charge in [-0.3, -0.25) is 19.3 Å². The van der Waals surface area contributed by atoms with Gasteiger partial charge < -0.3 is 4.90 Å². The molecule has 3 amide bonds. The highest BCUT2D eigenvalue weighted by molar-refractivity contribution is 6.22. The van der Waals surface area contributed by atoms with Gasteiger partial charge >= 0.3 is 0 Å². The van der Waals surface area contributed by atoms with E-state index in [-0.39, 0.29) is 17.7 Å². The van der Waals surface area contributed by atoms with E-state index >= 15 is 0 Å². The number of nitrogens with zero attached hydrogens (tertiary/aromatic N) is 2. The molecular weight excluding hydrogens is 388 g/mol. The Kier molecular flexibility index (Phi) is 5.34. The predicted octanol–water partition coefficient (Wildman–Crippen LogP) is 3.93. The molecule has 0 unspecified atom stereocenters. The van der Waals surface area contributed by atoms with Crippen LogP contribution in [0.5, 0.6) is 0 Å². The zero-order chi connectivity index (χ0) is 21.4. The number of imide groups is 1. The molecule has 0 aromatic heterocycles. The van der Waals surface area contributed by atoms with Crippen LogP contribution in [0.2, 0.25) is 0 Å². The minimum Gasteiger partial charge on any atom is -0.341 e. The van der Waals surface area contributed by atoms with Gasteiger partial charge in [0.2, 0.25) is 5.91 Å². The molecule has 0 spiro atoms. The number of benzene rings is 2. The number of fused-ring (bicyclic) bond motifs is 2. The summed E-state index contributed by atoms with van der Waals surface area (Å²) in [6.45, 7) is 1.46. The summed E-state index contributed by atoms with van der Waals surface area (Å²) >= 11 is 0. The van der Waals surface area contributed by atoms with Gasteiger partial charge in [0.25, 0.3) is 11.8 Å². The molecular formula is C26H28N2O3. The van der Waals surface area contributed by atoms with Gasteiger partial charge in [0, 0.05) is 19.5 Å². The third-order valence-electron chi connectivity index (χ3n) is 7.30. The largest absolute Gasteiger partial charge is 0.341 e. The second-order valence-electron chi connectivity index (χ2n) is 9.11. The maximum atomic E-state index is 13.8. The second kappa shape index (κ2) is 8.29. The fourth-order valence-electron chi connectivity index (χ4n) is 5.63. The van der Waals surface area contributed by atoms with Crippen LogP contribution in [0, 0.1) is 11.8 Å². The van der Waals surface area contributed by atoms with E-state index in [9.17, 15) is 14.4 Å². The van der Waals surface area contributed by atoms with Crippen LogP contribution in [0.15, 0.2) is 54.6 Å². The van der Waals surface area contributed by atoms with Gasteiger partial charge in [0.05, 0.1) is 11.1 Å². The molecule has 2 aromatic carbocycles. The van der Waals surface area contributed by atoms with Crippen molar-refractivity contribution < 1.29 is 14.4 Å². The molecule has 1 saturated heterocycles. The lowest BCUT2D eigenvalue weighted by atomic mass is 9.75. The minimum atomic E-state index is -0.810. The molecule has 2 fully saturated rings. The first kappa shape index (κ1) is 20.0. The number of hydrogen-bond acceptors (Lipinski definition) is 3. The SMILES string of the molecule is O=C([C@@H](Cc1ccccc1)N1C(=O)c2ccccc2C1=O)N1CC[C@H]2CCCC[C@H]2C1. The van der Waals surface area contributed by atoms with Crippen LogP contribution in [0.25, 0.3) is 0 Å². The fraction of sp³-hybridized carbons (Fsp3) is 0.423. The summed E-state index contributed by atoms with van der Waals surface area (Å²) < 4.78 is 0. The van der Waals surface area contributed by atoms with Crippen LogP contribution in [0.1, 0.15) is 58.4 Å². The fourth-order valence-corrected chi connectivity index (χ4v) is 5.63. The topological polar surface area (TPSA) is 57.7 Å². The first-order valence-corrected chi connectivity index (χ1v) is 11.4. The summed E-state index contributed by atoms with van der Waals surface area (Å²) in [5, 5.41) is 0. The number of carbonyl (C=O) groups excluding carboxylic acids is 3. The van der Waals surface area contributed by atoms with E-state index in [1.165, 1.54) is 30.6 Å². The molecule has 3 aliphatic rings. The van der Waals surface area contributed by atoms with Crippen molar-refractivity contribution in [3.05, 3.63) is 71.3 Å². The van der Waals surface area contributed by atoms with Gasteiger partial charge in [0.15, 0.2) is 0 Å². The Morgan fingerprint density at radius 1 is 0.839 bits per heavy atom. The Hall–Kier alpha value is -2.95. The van der Waals surface area contributed by atoms with Crippen molar-refractivity contribution in [2.75, 3.05) is 13.1 Å². The number of rotatable bonds is 4. The number of likely N-dealkylation sites (tertiary alicyclic amines) is 1. The van der Waals surface area contributed by atoms with Crippen LogP contribution < -0.4 is 0 Å². The smallest absolute Gasteiger partial charge is 0.262 e. The van der Waals surface area contributed by atoms with Gasteiger partial charge in [-0.2, -0.15) is 0 Å². The Balaban J connectivity index is 1.44. The van der Waals surface area contributed by atoms with Crippen LogP contribution in [-0.4, -0.2) is 46.7 Å². The van der Waals surface area contributed by atoms with E-state index in [1.54, 1.807) is 24.3 Å². The Labute approximate surface area is 183 Å². The third kappa shape index (κ3) is 3.67. The molecule has 0 N–H and O–H groups in total. The maximum absolute atomic E-state index is 13.8. The summed E-state index contributed by atoms with van der Waals surface area (Å²) in [4.78, 5) is 43.3. The molecule has 0 bridgehead atoms. The van der Waals surface area contributed by atoms with Gasteiger partial charge in [-0.15, -0.1) is 0 Å². The van der Waals surface area contributed by atoms with E-state index in [0.717, 1.165) is 18.5 Å². The molecule has 2 aliphatic heterocycles. The van der Waals surface area contributed by atoms with Crippen LogP contribution in [0.3, 0.4) is 0 Å². The standard InChI is InChI=1S/C26H28N2O3/c29-24-21-12-6-7-13-22(21)25(30)28(24)23(16-18-8-2-1-3-9-18)26(31)27-15-14-19-10-4-5-11-20(19)17-27/h1-3,6-9,12-13,19-20,23H,4-5,10-11,14-17H2/t19-,20+,23-/m1/s1. The van der Waals surface area contributed by atoms with E-state index in [2.05, 4.69) is 0 Å². The molecule has 5 nitrogen and oxygen atoms in total. The molecule has 0 radical (unpaired) electrons. The number of hydrogen-bond donors (Lipinski definition) is 0. The average molecular weight is 417 g/mol. The van der Waals surface area contributed by atoms with Gasteiger partial charge in [-0.05, 0) is 42.4 Å². The highest BCUT2D eigenvalue weighted by Crippen LogP contribution is 2.37. The molecule has 1 aliphatic carbocycles. The molecule has 31 heavy (non-hydrogen) atoms. The molecule has 2 heterocycles. The van der Waals surface area contributed by atoms with Crippen LogP contribution in [-0.2, 0) is 11.2 Å².